The van der Waals surface area contributed by atoms with Crippen molar-refractivity contribution in [2.75, 3.05) is 0 Å². The Morgan fingerprint density at radius 1 is 1.30 bits per heavy atom. The second kappa shape index (κ2) is 6.75. The molecule has 0 aliphatic heterocycles. The molecular weight excluding hydrogens is 312 g/mol. The molecule has 2 heterocycles. The van der Waals surface area contributed by atoms with Crippen LogP contribution in [0.1, 0.15) is 17.5 Å². The number of carbonyl (C=O) groups is 1. The van der Waals surface area contributed by atoms with Gasteiger partial charge in [0.2, 0.25) is 0 Å². The smallest absolute Gasteiger partial charge is 0.307 e. The molecular formula is C17H16N2O3S. The average Bonchev–Trinajstić information content (AvgIpc) is 3.03. The summed E-state index contributed by atoms with van der Waals surface area (Å²) in [4.78, 5) is 29.0. The first kappa shape index (κ1) is 15.4. The molecule has 5 nitrogen and oxygen atoms in total. The quantitative estimate of drug-likeness (QED) is 0.676. The zero-order valence-corrected chi connectivity index (χ0v) is 13.5. The minimum absolute atomic E-state index is 0.122. The van der Waals surface area contributed by atoms with Gasteiger partial charge in [-0.25, -0.2) is 4.98 Å². The van der Waals surface area contributed by atoms with Gasteiger partial charge in [-0.15, -0.1) is 11.3 Å². The summed E-state index contributed by atoms with van der Waals surface area (Å²) in [5.74, 6) is -0.328. The van der Waals surface area contributed by atoms with Crippen molar-refractivity contribution in [3.8, 4) is 0 Å². The molecule has 0 bridgehead atoms. The lowest BCUT2D eigenvalue weighted by Crippen LogP contribution is -2.21. The van der Waals surface area contributed by atoms with Gasteiger partial charge in [0.15, 0.2) is 0 Å². The molecule has 0 saturated carbocycles. The van der Waals surface area contributed by atoms with Gasteiger partial charge >= 0.3 is 5.97 Å². The number of esters is 1. The van der Waals surface area contributed by atoms with Crippen LogP contribution in [0.5, 0.6) is 0 Å². The fourth-order valence-electron chi connectivity index (χ4n) is 2.27. The van der Waals surface area contributed by atoms with Crippen LogP contribution in [-0.4, -0.2) is 15.5 Å². The molecule has 1 aromatic carbocycles. The van der Waals surface area contributed by atoms with Gasteiger partial charge in [-0.1, -0.05) is 24.3 Å². The van der Waals surface area contributed by atoms with E-state index in [4.69, 9.17) is 4.74 Å². The second-order valence-corrected chi connectivity index (χ2v) is 6.11. The van der Waals surface area contributed by atoms with E-state index in [0.29, 0.717) is 10.2 Å². The van der Waals surface area contributed by atoms with Gasteiger partial charge in [0.25, 0.3) is 5.56 Å². The Morgan fingerprint density at radius 3 is 2.96 bits per heavy atom. The zero-order valence-electron chi connectivity index (χ0n) is 12.7. The summed E-state index contributed by atoms with van der Waals surface area (Å²) in [7, 11) is 0. The molecule has 3 aromatic rings. The van der Waals surface area contributed by atoms with E-state index in [9.17, 15) is 9.59 Å². The molecule has 6 heteroatoms. The number of ether oxygens (including phenoxy) is 1. The highest BCUT2D eigenvalue weighted by molar-refractivity contribution is 7.16. The summed E-state index contributed by atoms with van der Waals surface area (Å²) in [6, 6.07) is 9.52. The molecule has 0 aliphatic rings. The standard InChI is InChI=1S/C17H16N2O3S/c1-12-4-2-3-5-13(12)10-22-15(20)6-8-19-11-18-16-14(17(19)21)7-9-23-16/h2-5,7,9,11H,6,8,10H2,1H3. The Morgan fingerprint density at radius 2 is 2.13 bits per heavy atom. The van der Waals surface area contributed by atoms with E-state index >= 15 is 0 Å². The molecule has 0 unspecified atom stereocenters. The topological polar surface area (TPSA) is 61.2 Å². The largest absolute Gasteiger partial charge is 0.461 e. The van der Waals surface area contributed by atoms with Crippen LogP contribution in [0.2, 0.25) is 0 Å². The van der Waals surface area contributed by atoms with Crippen molar-refractivity contribution < 1.29 is 9.53 Å². The number of hydrogen-bond acceptors (Lipinski definition) is 5. The molecule has 0 radical (unpaired) electrons. The molecule has 2 aromatic heterocycles. The lowest BCUT2D eigenvalue weighted by molar-refractivity contribution is -0.145. The highest BCUT2D eigenvalue weighted by Gasteiger charge is 2.09. The Bertz CT molecular complexity index is 898. The molecule has 118 valence electrons. The van der Waals surface area contributed by atoms with Crippen molar-refractivity contribution in [2.24, 2.45) is 0 Å². The van der Waals surface area contributed by atoms with Gasteiger partial charge in [-0.3, -0.25) is 14.2 Å². The number of carbonyl (C=O) groups excluding carboxylic acids is 1. The first-order valence-corrected chi connectivity index (χ1v) is 8.16. The zero-order chi connectivity index (χ0) is 16.2. The highest BCUT2D eigenvalue weighted by atomic mass is 32.1. The third kappa shape index (κ3) is 3.48. The summed E-state index contributed by atoms with van der Waals surface area (Å²) >= 11 is 1.43. The van der Waals surface area contributed by atoms with Crippen LogP contribution < -0.4 is 5.56 Å². The summed E-state index contributed by atoms with van der Waals surface area (Å²) in [6.07, 6.45) is 1.62. The van der Waals surface area contributed by atoms with Gasteiger partial charge < -0.3 is 4.74 Å². The number of fused-ring (bicyclic) bond motifs is 1. The number of rotatable bonds is 5. The maximum Gasteiger partial charge on any atom is 0.307 e. The molecule has 23 heavy (non-hydrogen) atoms. The van der Waals surface area contributed by atoms with E-state index < -0.39 is 0 Å². The van der Waals surface area contributed by atoms with E-state index in [0.717, 1.165) is 11.1 Å². The highest BCUT2D eigenvalue weighted by Crippen LogP contribution is 2.13. The van der Waals surface area contributed by atoms with E-state index in [1.165, 1.54) is 22.2 Å². The Balaban J connectivity index is 1.59. The lowest BCUT2D eigenvalue weighted by atomic mass is 10.1. The van der Waals surface area contributed by atoms with E-state index in [-0.39, 0.29) is 31.1 Å². The van der Waals surface area contributed by atoms with Crippen molar-refractivity contribution in [2.45, 2.75) is 26.5 Å². The number of thiophene rings is 1. The fourth-order valence-corrected chi connectivity index (χ4v) is 2.99. The van der Waals surface area contributed by atoms with Crippen molar-refractivity contribution in [3.05, 3.63) is 63.5 Å². The number of aryl methyl sites for hydroxylation is 2. The van der Waals surface area contributed by atoms with Gasteiger partial charge in [0.1, 0.15) is 11.4 Å². The molecule has 0 spiro atoms. The third-order valence-electron chi connectivity index (χ3n) is 3.66. The molecule has 0 fully saturated rings. The Labute approximate surface area is 137 Å². The first-order chi connectivity index (χ1) is 11.1. The Hall–Kier alpha value is -2.47. The number of nitrogens with zero attached hydrogens (tertiary/aromatic N) is 2. The maximum atomic E-state index is 12.2. The van der Waals surface area contributed by atoms with Crippen LogP contribution in [0.25, 0.3) is 10.2 Å². The summed E-state index contributed by atoms with van der Waals surface area (Å²) in [5, 5.41) is 2.42. The van der Waals surface area contributed by atoms with Crippen LogP contribution in [0.4, 0.5) is 0 Å². The molecule has 3 rings (SSSR count). The summed E-state index contributed by atoms with van der Waals surface area (Å²) in [5.41, 5.74) is 1.95. The van der Waals surface area contributed by atoms with E-state index in [1.807, 2.05) is 36.6 Å². The number of hydrogen-bond donors (Lipinski definition) is 0. The number of benzene rings is 1. The normalized spacial score (nSPS) is 10.8. The summed E-state index contributed by atoms with van der Waals surface area (Å²) < 4.78 is 6.72. The Kier molecular flexibility index (Phi) is 4.52. The van der Waals surface area contributed by atoms with Crippen molar-refractivity contribution in [1.82, 2.24) is 9.55 Å². The van der Waals surface area contributed by atoms with Crippen molar-refractivity contribution in [1.29, 1.82) is 0 Å². The predicted octanol–water partition coefficient (Wildman–Crippen LogP) is 2.90. The predicted molar refractivity (Wildman–Crippen MR) is 89.5 cm³/mol. The number of aromatic nitrogens is 2. The van der Waals surface area contributed by atoms with Crippen LogP contribution in [0.3, 0.4) is 0 Å². The van der Waals surface area contributed by atoms with Gasteiger partial charge in [0, 0.05) is 6.54 Å². The minimum Gasteiger partial charge on any atom is -0.461 e. The molecule has 0 amide bonds. The maximum absolute atomic E-state index is 12.2. The van der Waals surface area contributed by atoms with Crippen molar-refractivity contribution in [3.63, 3.8) is 0 Å². The van der Waals surface area contributed by atoms with E-state index in [1.54, 1.807) is 6.07 Å². The lowest BCUT2D eigenvalue weighted by Gasteiger charge is -2.08. The average molecular weight is 328 g/mol. The first-order valence-electron chi connectivity index (χ1n) is 7.28. The van der Waals surface area contributed by atoms with Gasteiger partial charge in [-0.2, -0.15) is 0 Å². The van der Waals surface area contributed by atoms with Crippen LogP contribution in [0.15, 0.2) is 46.8 Å². The third-order valence-corrected chi connectivity index (χ3v) is 4.48. The van der Waals surface area contributed by atoms with Crippen LogP contribution >= 0.6 is 11.3 Å². The van der Waals surface area contributed by atoms with Crippen molar-refractivity contribution >= 4 is 27.5 Å². The summed E-state index contributed by atoms with van der Waals surface area (Å²) in [6.45, 7) is 2.50. The monoisotopic (exact) mass is 328 g/mol. The molecule has 0 atom stereocenters. The van der Waals surface area contributed by atoms with Crippen LogP contribution in [0, 0.1) is 6.92 Å². The minimum atomic E-state index is -0.328. The van der Waals surface area contributed by atoms with Gasteiger partial charge in [-0.05, 0) is 29.5 Å². The fraction of sp³-hybridized carbons (Fsp3) is 0.235. The SMILES string of the molecule is Cc1ccccc1COC(=O)CCn1cnc2sccc2c1=O. The van der Waals surface area contributed by atoms with E-state index in [2.05, 4.69) is 4.98 Å². The molecule has 0 N–H and O–H groups in total. The molecule has 0 saturated heterocycles. The van der Waals surface area contributed by atoms with Gasteiger partial charge in [0.05, 0.1) is 18.1 Å². The second-order valence-electron chi connectivity index (χ2n) is 5.22. The molecule has 0 aliphatic carbocycles. The van der Waals surface area contributed by atoms with Crippen LogP contribution in [-0.2, 0) is 22.7 Å².